The van der Waals surface area contributed by atoms with Gasteiger partial charge in [0.1, 0.15) is 5.69 Å². The van der Waals surface area contributed by atoms with Gasteiger partial charge in [-0.25, -0.2) is 4.98 Å². The molecule has 0 spiro atoms. The predicted molar refractivity (Wildman–Crippen MR) is 109 cm³/mol. The second-order valence-electron chi connectivity index (χ2n) is 5.89. The Hall–Kier alpha value is -2.71. The first-order valence-corrected chi connectivity index (χ1v) is 9.93. The van der Waals surface area contributed by atoms with Crippen LogP contribution in [0.1, 0.15) is 12.5 Å². The number of hydrogen-bond donors (Lipinski definition) is 1. The number of carbonyl (C=O) groups excluding carboxylic acids is 1. The van der Waals surface area contributed by atoms with E-state index in [1.807, 2.05) is 36.6 Å². The fourth-order valence-corrected chi connectivity index (χ4v) is 4.32. The van der Waals surface area contributed by atoms with Crippen LogP contribution < -0.4 is 5.32 Å². The van der Waals surface area contributed by atoms with Gasteiger partial charge in [-0.05, 0) is 19.9 Å². The summed E-state index contributed by atoms with van der Waals surface area (Å²) >= 11 is 2.80. The van der Waals surface area contributed by atoms with Gasteiger partial charge in [0.2, 0.25) is 5.91 Å². The Morgan fingerprint density at radius 1 is 1.22 bits per heavy atom. The molecule has 0 saturated carbocycles. The molecule has 0 aliphatic rings. The van der Waals surface area contributed by atoms with Crippen LogP contribution in [0.5, 0.6) is 0 Å². The van der Waals surface area contributed by atoms with Crippen molar-refractivity contribution >= 4 is 40.4 Å². The first kappa shape index (κ1) is 19.1. The number of nitrogens with one attached hydrogen (secondary N) is 1. The molecule has 27 heavy (non-hydrogen) atoms. The van der Waals surface area contributed by atoms with E-state index in [9.17, 15) is 14.9 Å². The fourth-order valence-electron chi connectivity index (χ4n) is 2.35. The third kappa shape index (κ3) is 4.72. The minimum Gasteiger partial charge on any atom is -0.319 e. The summed E-state index contributed by atoms with van der Waals surface area (Å²) in [7, 11) is 0. The van der Waals surface area contributed by atoms with Crippen molar-refractivity contribution in [3.05, 3.63) is 69.6 Å². The maximum absolute atomic E-state index is 12.4. The molecule has 2 aromatic carbocycles. The minimum atomic E-state index is -0.512. The molecule has 0 fully saturated rings. The van der Waals surface area contributed by atoms with E-state index in [-0.39, 0.29) is 17.3 Å². The summed E-state index contributed by atoms with van der Waals surface area (Å²) < 4.78 is 0.774. The molecule has 0 radical (unpaired) electrons. The number of aryl methyl sites for hydroxylation is 1. The minimum absolute atomic E-state index is 0.126. The highest BCUT2D eigenvalue weighted by Gasteiger charge is 2.20. The molecule has 3 aromatic rings. The van der Waals surface area contributed by atoms with Crippen molar-refractivity contribution in [3.63, 3.8) is 0 Å². The molecule has 6 nitrogen and oxygen atoms in total. The first-order chi connectivity index (χ1) is 12.9. The largest absolute Gasteiger partial charge is 0.319 e. The zero-order valence-electron chi connectivity index (χ0n) is 14.7. The molecule has 138 valence electrons. The van der Waals surface area contributed by atoms with Gasteiger partial charge < -0.3 is 5.32 Å². The Labute approximate surface area is 164 Å². The van der Waals surface area contributed by atoms with Gasteiger partial charge in [-0.2, -0.15) is 0 Å². The van der Waals surface area contributed by atoms with Gasteiger partial charge in [-0.3, -0.25) is 14.9 Å². The number of nitrogens with zero attached hydrogens (tertiary/aromatic N) is 2. The first-order valence-electron chi connectivity index (χ1n) is 8.17. The Balaban J connectivity index is 1.67. The van der Waals surface area contributed by atoms with E-state index in [0.29, 0.717) is 0 Å². The summed E-state index contributed by atoms with van der Waals surface area (Å²) in [5.74, 6) is -0.304. The number of anilines is 1. The maximum Gasteiger partial charge on any atom is 0.292 e. The maximum atomic E-state index is 12.4. The zero-order valence-corrected chi connectivity index (χ0v) is 16.3. The lowest BCUT2D eigenvalue weighted by molar-refractivity contribution is -0.383. The monoisotopic (exact) mass is 399 g/mol. The molecule has 1 atom stereocenters. The van der Waals surface area contributed by atoms with E-state index in [1.165, 1.54) is 40.8 Å². The Bertz CT molecular complexity index is 970. The standard InChI is InChI=1S/C19H17N3O3S2/c1-12-7-9-14(10-8-12)16-11-26-19(21-16)27-13(2)18(23)20-15-5-3-4-6-17(15)22(24)25/h3-11,13H,1-2H3,(H,20,23)/t13-/m1/s1. The van der Waals surface area contributed by atoms with Crippen LogP contribution in [0.4, 0.5) is 11.4 Å². The molecule has 1 heterocycles. The summed E-state index contributed by atoms with van der Waals surface area (Å²) in [5.41, 5.74) is 3.15. The molecule has 0 aliphatic carbocycles. The third-order valence-corrected chi connectivity index (χ3v) is 5.91. The lowest BCUT2D eigenvalue weighted by Crippen LogP contribution is -2.22. The molecule has 8 heteroatoms. The summed E-state index contributed by atoms with van der Waals surface area (Å²) in [4.78, 5) is 27.6. The highest BCUT2D eigenvalue weighted by Crippen LogP contribution is 2.32. The lowest BCUT2D eigenvalue weighted by Gasteiger charge is -2.10. The third-order valence-electron chi connectivity index (χ3n) is 3.84. The number of hydrogen-bond acceptors (Lipinski definition) is 6. The van der Waals surface area contributed by atoms with Gasteiger partial charge in [-0.1, -0.05) is 53.7 Å². The van der Waals surface area contributed by atoms with Gasteiger partial charge in [0, 0.05) is 17.0 Å². The van der Waals surface area contributed by atoms with Gasteiger partial charge in [0.25, 0.3) is 5.69 Å². The molecule has 1 aromatic heterocycles. The number of benzene rings is 2. The van der Waals surface area contributed by atoms with Crippen LogP contribution in [0.15, 0.2) is 58.3 Å². The number of thioether (sulfide) groups is 1. The molecular weight excluding hydrogens is 382 g/mol. The number of rotatable bonds is 6. The van der Waals surface area contributed by atoms with Crippen molar-refractivity contribution in [2.75, 3.05) is 5.32 Å². The Morgan fingerprint density at radius 2 is 1.93 bits per heavy atom. The lowest BCUT2D eigenvalue weighted by atomic mass is 10.1. The van der Waals surface area contributed by atoms with E-state index in [4.69, 9.17) is 0 Å². The van der Waals surface area contributed by atoms with Crippen molar-refractivity contribution in [2.45, 2.75) is 23.4 Å². The van der Waals surface area contributed by atoms with E-state index in [2.05, 4.69) is 10.3 Å². The Morgan fingerprint density at radius 3 is 2.63 bits per heavy atom. The number of para-hydroxylation sites is 2. The van der Waals surface area contributed by atoms with Crippen molar-refractivity contribution < 1.29 is 9.72 Å². The second-order valence-corrected chi connectivity index (χ2v) is 8.33. The van der Waals surface area contributed by atoms with E-state index < -0.39 is 10.2 Å². The van der Waals surface area contributed by atoms with Gasteiger partial charge >= 0.3 is 0 Å². The predicted octanol–water partition coefficient (Wildman–Crippen LogP) is 5.15. The molecule has 0 bridgehead atoms. The number of nitro groups is 1. The normalized spacial score (nSPS) is 11.8. The van der Waals surface area contributed by atoms with Gasteiger partial charge in [0.05, 0.1) is 15.9 Å². The molecule has 1 N–H and O–H groups in total. The number of aromatic nitrogens is 1. The van der Waals surface area contributed by atoms with Gasteiger partial charge in [-0.15, -0.1) is 11.3 Å². The Kier molecular flexibility index (Phi) is 5.88. The molecule has 0 aliphatic heterocycles. The molecule has 3 rings (SSSR count). The van der Waals surface area contributed by atoms with E-state index in [0.717, 1.165) is 15.6 Å². The summed E-state index contributed by atoms with van der Waals surface area (Å²) in [6.45, 7) is 3.78. The van der Waals surface area contributed by atoms with Crippen LogP contribution in [-0.4, -0.2) is 21.1 Å². The second kappa shape index (κ2) is 8.32. The molecule has 1 amide bonds. The molecule has 0 unspecified atom stereocenters. The summed E-state index contributed by atoms with van der Waals surface area (Å²) in [5, 5.41) is 15.2. The topological polar surface area (TPSA) is 85.1 Å². The molecular formula is C19H17N3O3S2. The zero-order chi connectivity index (χ0) is 19.4. The number of thiazole rings is 1. The van der Waals surface area contributed by atoms with Crippen LogP contribution in [0, 0.1) is 17.0 Å². The van der Waals surface area contributed by atoms with Crippen LogP contribution in [0.2, 0.25) is 0 Å². The van der Waals surface area contributed by atoms with E-state index >= 15 is 0 Å². The highest BCUT2D eigenvalue weighted by molar-refractivity contribution is 8.02. The number of carbonyl (C=O) groups is 1. The number of amides is 1. The fraction of sp³-hybridized carbons (Fsp3) is 0.158. The smallest absolute Gasteiger partial charge is 0.292 e. The van der Waals surface area contributed by atoms with Gasteiger partial charge in [0.15, 0.2) is 4.34 Å². The van der Waals surface area contributed by atoms with Crippen molar-refractivity contribution in [2.24, 2.45) is 0 Å². The van der Waals surface area contributed by atoms with Crippen molar-refractivity contribution in [3.8, 4) is 11.3 Å². The molecule has 0 saturated heterocycles. The number of nitro benzene ring substituents is 1. The van der Waals surface area contributed by atoms with Crippen LogP contribution in [0.3, 0.4) is 0 Å². The van der Waals surface area contributed by atoms with E-state index in [1.54, 1.807) is 19.1 Å². The van der Waals surface area contributed by atoms with Crippen molar-refractivity contribution in [1.29, 1.82) is 0 Å². The average Bonchev–Trinajstić information content (AvgIpc) is 3.11. The summed E-state index contributed by atoms with van der Waals surface area (Å²) in [6.07, 6.45) is 0. The van der Waals surface area contributed by atoms with Crippen LogP contribution >= 0.6 is 23.1 Å². The van der Waals surface area contributed by atoms with Crippen molar-refractivity contribution in [1.82, 2.24) is 4.98 Å². The summed E-state index contributed by atoms with van der Waals surface area (Å²) in [6, 6.07) is 14.2. The quantitative estimate of drug-likeness (QED) is 0.352. The average molecular weight is 399 g/mol. The van der Waals surface area contributed by atoms with Crippen LogP contribution in [0.25, 0.3) is 11.3 Å². The SMILES string of the molecule is Cc1ccc(-c2csc(S[C@H](C)C(=O)Nc3ccccc3[N+](=O)[O-])n2)cc1. The highest BCUT2D eigenvalue weighted by atomic mass is 32.2. The van der Waals surface area contributed by atoms with Crippen LogP contribution in [-0.2, 0) is 4.79 Å².